The van der Waals surface area contributed by atoms with Crippen molar-refractivity contribution in [2.45, 2.75) is 39.5 Å². The van der Waals surface area contributed by atoms with Crippen LogP contribution in [0, 0.1) is 18.8 Å². The zero-order valence-corrected chi connectivity index (χ0v) is 12.1. The van der Waals surface area contributed by atoms with E-state index >= 15 is 0 Å². The summed E-state index contributed by atoms with van der Waals surface area (Å²) >= 11 is 3.44. The second kappa shape index (κ2) is 5.34. The van der Waals surface area contributed by atoms with Gasteiger partial charge in [-0.3, -0.25) is 4.79 Å². The van der Waals surface area contributed by atoms with E-state index in [9.17, 15) is 4.79 Å². The third-order valence-corrected chi connectivity index (χ3v) is 4.33. The minimum atomic E-state index is 0.256. The van der Waals surface area contributed by atoms with E-state index in [1.54, 1.807) is 0 Å². The van der Waals surface area contributed by atoms with Crippen LogP contribution in [0.3, 0.4) is 0 Å². The molecule has 1 nitrogen and oxygen atoms in total. The number of aryl methyl sites for hydroxylation is 1. The largest absolute Gasteiger partial charge is 0.294 e. The molecule has 0 radical (unpaired) electrons. The van der Waals surface area contributed by atoms with Crippen molar-refractivity contribution in [2.75, 3.05) is 0 Å². The van der Waals surface area contributed by atoms with Gasteiger partial charge in [0.15, 0.2) is 5.78 Å². The first-order valence-electron chi connectivity index (χ1n) is 6.38. The Bertz CT molecular complexity index is 417. The summed E-state index contributed by atoms with van der Waals surface area (Å²) in [6, 6.07) is 5.95. The molecule has 0 amide bonds. The Kier molecular flexibility index (Phi) is 4.03. The molecule has 0 bridgehead atoms. The number of rotatable bonds is 2. The number of Topliss-reactive ketones (excluding diaryl/α,β-unsaturated/α-hetero) is 1. The SMILES string of the molecule is Cc1cc(Br)ccc1C(=O)C1CCC(C)CC1. The fraction of sp³-hybridized carbons (Fsp3) is 0.533. The molecule has 2 rings (SSSR count). The maximum Gasteiger partial charge on any atom is 0.166 e. The van der Waals surface area contributed by atoms with Crippen LogP contribution in [0.15, 0.2) is 22.7 Å². The molecule has 2 heteroatoms. The van der Waals surface area contributed by atoms with E-state index in [0.717, 1.165) is 34.4 Å². The average Bonchev–Trinajstić information content (AvgIpc) is 2.29. The number of ketones is 1. The van der Waals surface area contributed by atoms with Crippen LogP contribution >= 0.6 is 15.9 Å². The van der Waals surface area contributed by atoms with Gasteiger partial charge in [0, 0.05) is 16.0 Å². The van der Waals surface area contributed by atoms with Crippen molar-refractivity contribution in [3.05, 3.63) is 33.8 Å². The number of carbonyl (C=O) groups is 1. The summed E-state index contributed by atoms with van der Waals surface area (Å²) in [4.78, 5) is 12.4. The second-order valence-corrected chi connectivity index (χ2v) is 6.20. The molecule has 17 heavy (non-hydrogen) atoms. The fourth-order valence-electron chi connectivity index (χ4n) is 2.65. The Labute approximate surface area is 112 Å². The molecule has 0 aliphatic heterocycles. The average molecular weight is 295 g/mol. The van der Waals surface area contributed by atoms with E-state index in [-0.39, 0.29) is 5.92 Å². The molecule has 1 aromatic carbocycles. The molecule has 1 aliphatic rings. The van der Waals surface area contributed by atoms with Crippen LogP contribution in [0.25, 0.3) is 0 Å². The molecule has 0 N–H and O–H groups in total. The Morgan fingerprint density at radius 1 is 1.24 bits per heavy atom. The zero-order valence-electron chi connectivity index (χ0n) is 10.5. The highest BCUT2D eigenvalue weighted by Gasteiger charge is 2.25. The van der Waals surface area contributed by atoms with Crippen molar-refractivity contribution in [3.8, 4) is 0 Å². The normalized spacial score (nSPS) is 24.6. The summed E-state index contributed by atoms with van der Waals surface area (Å²) < 4.78 is 1.05. The van der Waals surface area contributed by atoms with Crippen LogP contribution < -0.4 is 0 Å². The van der Waals surface area contributed by atoms with E-state index in [1.165, 1.54) is 12.8 Å². The lowest BCUT2D eigenvalue weighted by Gasteiger charge is -2.25. The molecule has 0 spiro atoms. The van der Waals surface area contributed by atoms with Crippen molar-refractivity contribution in [2.24, 2.45) is 11.8 Å². The Hall–Kier alpha value is -0.630. The maximum absolute atomic E-state index is 12.4. The highest BCUT2D eigenvalue weighted by Crippen LogP contribution is 2.31. The highest BCUT2D eigenvalue weighted by atomic mass is 79.9. The van der Waals surface area contributed by atoms with E-state index < -0.39 is 0 Å². The third kappa shape index (κ3) is 2.98. The van der Waals surface area contributed by atoms with E-state index in [4.69, 9.17) is 0 Å². The molecule has 0 saturated heterocycles. The molecule has 92 valence electrons. The minimum Gasteiger partial charge on any atom is -0.294 e. The van der Waals surface area contributed by atoms with Gasteiger partial charge in [-0.1, -0.05) is 41.8 Å². The lowest BCUT2D eigenvalue weighted by Crippen LogP contribution is -2.21. The third-order valence-electron chi connectivity index (χ3n) is 3.84. The Balaban J connectivity index is 2.14. The lowest BCUT2D eigenvalue weighted by atomic mass is 9.79. The molecule has 1 aromatic rings. The highest BCUT2D eigenvalue weighted by molar-refractivity contribution is 9.10. The number of hydrogen-bond acceptors (Lipinski definition) is 1. The van der Waals surface area contributed by atoms with Crippen molar-refractivity contribution < 1.29 is 4.79 Å². The van der Waals surface area contributed by atoms with Gasteiger partial charge in [0.1, 0.15) is 0 Å². The minimum absolute atomic E-state index is 0.256. The first-order chi connectivity index (χ1) is 8.08. The van der Waals surface area contributed by atoms with E-state index in [1.807, 2.05) is 25.1 Å². The number of halogens is 1. The van der Waals surface area contributed by atoms with Crippen LogP contribution in [0.5, 0.6) is 0 Å². The van der Waals surface area contributed by atoms with Gasteiger partial charge in [-0.05, 0) is 43.4 Å². The number of carbonyl (C=O) groups excluding carboxylic acids is 1. The molecule has 1 fully saturated rings. The maximum atomic E-state index is 12.4. The van der Waals surface area contributed by atoms with Gasteiger partial charge in [0.05, 0.1) is 0 Å². The van der Waals surface area contributed by atoms with Crippen molar-refractivity contribution in [1.29, 1.82) is 0 Å². The molecule has 1 saturated carbocycles. The van der Waals surface area contributed by atoms with Crippen LogP contribution in [0.1, 0.15) is 48.5 Å². The van der Waals surface area contributed by atoms with Gasteiger partial charge in [-0.15, -0.1) is 0 Å². The number of hydrogen-bond donors (Lipinski definition) is 0. The summed E-state index contributed by atoms with van der Waals surface area (Å²) in [5.74, 6) is 1.40. The summed E-state index contributed by atoms with van der Waals surface area (Å²) in [5.41, 5.74) is 2.00. The quantitative estimate of drug-likeness (QED) is 0.718. The predicted molar refractivity (Wildman–Crippen MR) is 74.3 cm³/mol. The summed E-state index contributed by atoms with van der Waals surface area (Å²) in [6.45, 7) is 4.30. The first-order valence-corrected chi connectivity index (χ1v) is 7.17. The molecule has 0 unspecified atom stereocenters. The summed E-state index contributed by atoms with van der Waals surface area (Å²) in [6.07, 6.45) is 4.53. The van der Waals surface area contributed by atoms with Crippen LogP contribution in [-0.2, 0) is 0 Å². The van der Waals surface area contributed by atoms with E-state index in [2.05, 4.69) is 22.9 Å². The van der Waals surface area contributed by atoms with Crippen LogP contribution in [-0.4, -0.2) is 5.78 Å². The summed E-state index contributed by atoms with van der Waals surface area (Å²) in [5, 5.41) is 0. The van der Waals surface area contributed by atoms with Gasteiger partial charge in [-0.25, -0.2) is 0 Å². The smallest absolute Gasteiger partial charge is 0.166 e. The standard InChI is InChI=1S/C15H19BrO/c1-10-3-5-12(6-4-10)15(17)14-8-7-13(16)9-11(14)2/h7-10,12H,3-6H2,1-2H3. The van der Waals surface area contributed by atoms with Crippen molar-refractivity contribution in [3.63, 3.8) is 0 Å². The fourth-order valence-corrected chi connectivity index (χ4v) is 3.12. The molecule has 0 aromatic heterocycles. The van der Waals surface area contributed by atoms with Gasteiger partial charge in [-0.2, -0.15) is 0 Å². The monoisotopic (exact) mass is 294 g/mol. The van der Waals surface area contributed by atoms with Gasteiger partial charge in [0.2, 0.25) is 0 Å². The van der Waals surface area contributed by atoms with Crippen molar-refractivity contribution >= 4 is 21.7 Å². The summed E-state index contributed by atoms with van der Waals surface area (Å²) in [7, 11) is 0. The predicted octanol–water partition coefficient (Wildman–Crippen LogP) is 4.77. The Morgan fingerprint density at radius 2 is 1.88 bits per heavy atom. The molecular formula is C15H19BrO. The number of benzene rings is 1. The topological polar surface area (TPSA) is 17.1 Å². The Morgan fingerprint density at radius 3 is 2.47 bits per heavy atom. The van der Waals surface area contributed by atoms with Gasteiger partial charge < -0.3 is 0 Å². The molecule has 1 aliphatic carbocycles. The van der Waals surface area contributed by atoms with Gasteiger partial charge >= 0.3 is 0 Å². The molecule has 0 atom stereocenters. The second-order valence-electron chi connectivity index (χ2n) is 5.28. The van der Waals surface area contributed by atoms with Crippen molar-refractivity contribution in [1.82, 2.24) is 0 Å². The lowest BCUT2D eigenvalue weighted by molar-refractivity contribution is 0.0875. The van der Waals surface area contributed by atoms with Crippen LogP contribution in [0.2, 0.25) is 0 Å². The molecular weight excluding hydrogens is 276 g/mol. The van der Waals surface area contributed by atoms with Crippen LogP contribution in [0.4, 0.5) is 0 Å². The molecule has 0 heterocycles. The first kappa shape index (κ1) is 12.8. The van der Waals surface area contributed by atoms with E-state index in [0.29, 0.717) is 5.78 Å². The zero-order chi connectivity index (χ0) is 12.4. The van der Waals surface area contributed by atoms with Gasteiger partial charge in [0.25, 0.3) is 0 Å².